The van der Waals surface area contributed by atoms with Gasteiger partial charge in [0, 0.05) is 24.2 Å². The van der Waals surface area contributed by atoms with E-state index in [1.807, 2.05) is 29.2 Å². The van der Waals surface area contributed by atoms with E-state index in [0.717, 1.165) is 37.8 Å². The normalized spacial score (nSPS) is 14.0. The van der Waals surface area contributed by atoms with Crippen LogP contribution in [0.4, 0.5) is 0 Å². The standard InChI is InChI=1S/C21H23NO4/c1-25-20-13-17(14-23)7-10-19(20)26-15-16-5-8-18(9-6-16)21(24)22-11-3-2-4-12-22/h5-10,13-14H,2-4,11-12,15H2,1H3. The van der Waals surface area contributed by atoms with Gasteiger partial charge in [-0.25, -0.2) is 0 Å². The van der Waals surface area contributed by atoms with Gasteiger partial charge in [-0.15, -0.1) is 0 Å². The Balaban J connectivity index is 1.62. The molecule has 0 spiro atoms. The van der Waals surface area contributed by atoms with Crippen molar-refractivity contribution in [1.82, 2.24) is 4.90 Å². The molecule has 0 bridgehead atoms. The first-order valence-corrected chi connectivity index (χ1v) is 8.85. The zero-order valence-corrected chi connectivity index (χ0v) is 14.9. The number of methoxy groups -OCH3 is 1. The molecule has 1 saturated heterocycles. The van der Waals surface area contributed by atoms with Crippen molar-refractivity contribution >= 4 is 12.2 Å². The minimum Gasteiger partial charge on any atom is -0.493 e. The lowest BCUT2D eigenvalue weighted by Crippen LogP contribution is -2.35. The molecular formula is C21H23NO4. The third-order valence-electron chi connectivity index (χ3n) is 4.56. The molecule has 1 fully saturated rings. The molecule has 5 heteroatoms. The van der Waals surface area contributed by atoms with Gasteiger partial charge >= 0.3 is 0 Å². The molecule has 5 nitrogen and oxygen atoms in total. The maximum absolute atomic E-state index is 12.5. The summed E-state index contributed by atoms with van der Waals surface area (Å²) in [5.74, 6) is 1.20. The van der Waals surface area contributed by atoms with E-state index in [1.165, 1.54) is 13.5 Å². The van der Waals surface area contributed by atoms with E-state index in [0.29, 0.717) is 29.2 Å². The first kappa shape index (κ1) is 18.0. The highest BCUT2D eigenvalue weighted by atomic mass is 16.5. The fourth-order valence-corrected chi connectivity index (χ4v) is 3.06. The smallest absolute Gasteiger partial charge is 0.253 e. The Bertz CT molecular complexity index is 764. The molecule has 0 aliphatic carbocycles. The van der Waals surface area contributed by atoms with Crippen LogP contribution in [-0.4, -0.2) is 37.3 Å². The van der Waals surface area contributed by atoms with E-state index in [2.05, 4.69) is 0 Å². The molecule has 1 amide bonds. The Morgan fingerprint density at radius 2 is 1.77 bits per heavy atom. The molecule has 0 unspecified atom stereocenters. The summed E-state index contributed by atoms with van der Waals surface area (Å²) in [6.07, 6.45) is 4.15. The molecule has 0 saturated carbocycles. The summed E-state index contributed by atoms with van der Waals surface area (Å²) in [5.41, 5.74) is 2.21. The van der Waals surface area contributed by atoms with Crippen LogP contribution in [0.15, 0.2) is 42.5 Å². The minimum absolute atomic E-state index is 0.100. The summed E-state index contributed by atoms with van der Waals surface area (Å²) >= 11 is 0. The van der Waals surface area contributed by atoms with Crippen LogP contribution in [0.1, 0.15) is 45.5 Å². The molecule has 3 rings (SSSR count). The maximum atomic E-state index is 12.5. The predicted molar refractivity (Wildman–Crippen MR) is 98.9 cm³/mol. The fourth-order valence-electron chi connectivity index (χ4n) is 3.06. The summed E-state index contributed by atoms with van der Waals surface area (Å²) < 4.78 is 11.1. The number of carbonyl (C=O) groups excluding carboxylic acids is 2. The van der Waals surface area contributed by atoms with Crippen LogP contribution in [0.25, 0.3) is 0 Å². The number of ether oxygens (including phenoxy) is 2. The van der Waals surface area contributed by atoms with Gasteiger partial charge in [-0.05, 0) is 55.2 Å². The molecule has 2 aromatic carbocycles. The number of likely N-dealkylation sites (tertiary alicyclic amines) is 1. The van der Waals surface area contributed by atoms with Gasteiger partial charge in [-0.1, -0.05) is 12.1 Å². The van der Waals surface area contributed by atoms with Crippen molar-refractivity contribution in [3.63, 3.8) is 0 Å². The second-order valence-electron chi connectivity index (χ2n) is 6.37. The lowest BCUT2D eigenvalue weighted by atomic mass is 10.1. The van der Waals surface area contributed by atoms with Crippen molar-refractivity contribution in [2.45, 2.75) is 25.9 Å². The summed E-state index contributed by atoms with van der Waals surface area (Å²) in [5, 5.41) is 0. The summed E-state index contributed by atoms with van der Waals surface area (Å²) in [4.78, 5) is 25.2. The predicted octanol–water partition coefficient (Wildman–Crippen LogP) is 3.71. The number of benzene rings is 2. The summed E-state index contributed by atoms with van der Waals surface area (Å²) in [6.45, 7) is 2.05. The van der Waals surface area contributed by atoms with Crippen molar-refractivity contribution in [2.24, 2.45) is 0 Å². The minimum atomic E-state index is 0.100. The number of hydrogen-bond donors (Lipinski definition) is 0. The van der Waals surface area contributed by atoms with E-state index in [-0.39, 0.29) is 5.91 Å². The van der Waals surface area contributed by atoms with Crippen LogP contribution in [-0.2, 0) is 6.61 Å². The SMILES string of the molecule is COc1cc(C=O)ccc1OCc1ccc(C(=O)N2CCCCC2)cc1. The molecule has 136 valence electrons. The van der Waals surface area contributed by atoms with Crippen molar-refractivity contribution in [3.8, 4) is 11.5 Å². The quantitative estimate of drug-likeness (QED) is 0.743. The second kappa shape index (κ2) is 8.52. The van der Waals surface area contributed by atoms with Gasteiger partial charge in [0.25, 0.3) is 5.91 Å². The van der Waals surface area contributed by atoms with Crippen LogP contribution >= 0.6 is 0 Å². The number of carbonyl (C=O) groups is 2. The Labute approximate surface area is 153 Å². The van der Waals surface area contributed by atoms with Crippen LogP contribution < -0.4 is 9.47 Å². The van der Waals surface area contributed by atoms with Crippen LogP contribution in [0, 0.1) is 0 Å². The Morgan fingerprint density at radius 3 is 2.42 bits per heavy atom. The first-order valence-electron chi connectivity index (χ1n) is 8.85. The number of rotatable bonds is 6. The number of hydrogen-bond acceptors (Lipinski definition) is 4. The monoisotopic (exact) mass is 353 g/mol. The molecule has 1 aliphatic heterocycles. The summed E-state index contributed by atoms with van der Waals surface area (Å²) in [7, 11) is 1.54. The first-order chi connectivity index (χ1) is 12.7. The third-order valence-corrected chi connectivity index (χ3v) is 4.56. The van der Waals surface area contributed by atoms with Crippen LogP contribution in [0.3, 0.4) is 0 Å². The molecule has 1 heterocycles. The topological polar surface area (TPSA) is 55.8 Å². The number of piperidine rings is 1. The highest BCUT2D eigenvalue weighted by molar-refractivity contribution is 5.94. The molecule has 0 radical (unpaired) electrons. The maximum Gasteiger partial charge on any atom is 0.253 e. The molecule has 0 N–H and O–H groups in total. The average molecular weight is 353 g/mol. The largest absolute Gasteiger partial charge is 0.493 e. The average Bonchev–Trinajstić information content (AvgIpc) is 2.72. The number of amides is 1. The van der Waals surface area contributed by atoms with Crippen molar-refractivity contribution in [2.75, 3.05) is 20.2 Å². The molecular weight excluding hydrogens is 330 g/mol. The molecule has 1 aliphatic rings. The third kappa shape index (κ3) is 4.23. The molecule has 0 aromatic heterocycles. The highest BCUT2D eigenvalue weighted by Gasteiger charge is 2.17. The van der Waals surface area contributed by atoms with E-state index in [1.54, 1.807) is 18.2 Å². The van der Waals surface area contributed by atoms with E-state index in [4.69, 9.17) is 9.47 Å². The van der Waals surface area contributed by atoms with Gasteiger partial charge < -0.3 is 14.4 Å². The van der Waals surface area contributed by atoms with Gasteiger partial charge in [0.05, 0.1) is 7.11 Å². The fraction of sp³-hybridized carbons (Fsp3) is 0.333. The van der Waals surface area contributed by atoms with Gasteiger partial charge in [0.1, 0.15) is 12.9 Å². The van der Waals surface area contributed by atoms with Crippen LogP contribution in [0.2, 0.25) is 0 Å². The van der Waals surface area contributed by atoms with E-state index in [9.17, 15) is 9.59 Å². The van der Waals surface area contributed by atoms with E-state index >= 15 is 0 Å². The van der Waals surface area contributed by atoms with E-state index < -0.39 is 0 Å². The van der Waals surface area contributed by atoms with Gasteiger partial charge in [0.2, 0.25) is 0 Å². The summed E-state index contributed by atoms with van der Waals surface area (Å²) in [6, 6.07) is 12.6. The van der Waals surface area contributed by atoms with Crippen LogP contribution in [0.5, 0.6) is 11.5 Å². The van der Waals surface area contributed by atoms with Gasteiger partial charge in [-0.3, -0.25) is 9.59 Å². The van der Waals surface area contributed by atoms with Crippen molar-refractivity contribution in [1.29, 1.82) is 0 Å². The molecule has 2 aromatic rings. The van der Waals surface area contributed by atoms with Gasteiger partial charge in [-0.2, -0.15) is 0 Å². The lowest BCUT2D eigenvalue weighted by molar-refractivity contribution is 0.0724. The molecule has 0 atom stereocenters. The second-order valence-corrected chi connectivity index (χ2v) is 6.37. The van der Waals surface area contributed by atoms with Crippen molar-refractivity contribution in [3.05, 3.63) is 59.2 Å². The number of aldehydes is 1. The Morgan fingerprint density at radius 1 is 1.04 bits per heavy atom. The van der Waals surface area contributed by atoms with Gasteiger partial charge in [0.15, 0.2) is 11.5 Å². The zero-order valence-electron chi connectivity index (χ0n) is 14.9. The Hall–Kier alpha value is -2.82. The highest BCUT2D eigenvalue weighted by Crippen LogP contribution is 2.28. The van der Waals surface area contributed by atoms with Crippen molar-refractivity contribution < 1.29 is 19.1 Å². The zero-order chi connectivity index (χ0) is 18.4. The Kier molecular flexibility index (Phi) is 5.89. The lowest BCUT2D eigenvalue weighted by Gasteiger charge is -2.26. The number of nitrogens with zero attached hydrogens (tertiary/aromatic N) is 1. The molecule has 26 heavy (non-hydrogen) atoms.